The molecule has 2 heteroatoms. The van der Waals surface area contributed by atoms with Gasteiger partial charge in [0.2, 0.25) is 0 Å². The van der Waals surface area contributed by atoms with E-state index in [1.165, 1.54) is 11.5 Å². The average Bonchev–Trinajstić information content (AvgIpc) is 2.49. The van der Waals surface area contributed by atoms with Crippen LogP contribution >= 0.6 is 0 Å². The second-order valence-corrected chi connectivity index (χ2v) is 3.16. The number of hydrogen-bond acceptors (Lipinski definition) is 0. The van der Waals surface area contributed by atoms with Crippen LogP contribution in [0.1, 0.15) is 5.82 Å². The third kappa shape index (κ3) is 1.35. The summed E-state index contributed by atoms with van der Waals surface area (Å²) in [4.78, 5) is 0. The van der Waals surface area contributed by atoms with Gasteiger partial charge in [0.15, 0.2) is 0 Å². The summed E-state index contributed by atoms with van der Waals surface area (Å²) in [6.07, 6.45) is 4.13. The molecule has 0 N–H and O–H groups in total. The van der Waals surface area contributed by atoms with Crippen molar-refractivity contribution in [2.75, 3.05) is 0 Å². The average molecular weight is 173 g/mol. The van der Waals surface area contributed by atoms with E-state index in [9.17, 15) is 0 Å². The van der Waals surface area contributed by atoms with E-state index >= 15 is 0 Å². The number of aromatic nitrogens is 2. The summed E-state index contributed by atoms with van der Waals surface area (Å²) in [5.41, 5.74) is 1.21. The number of benzene rings is 1. The van der Waals surface area contributed by atoms with Gasteiger partial charge in [0.05, 0.1) is 7.05 Å². The van der Waals surface area contributed by atoms with Gasteiger partial charge in [0, 0.05) is 6.92 Å². The Bertz CT molecular complexity index is 401. The van der Waals surface area contributed by atoms with Crippen LogP contribution in [0.2, 0.25) is 0 Å². The molecule has 1 heterocycles. The van der Waals surface area contributed by atoms with Crippen LogP contribution < -0.4 is 4.57 Å². The molecule has 66 valence electrons. The van der Waals surface area contributed by atoms with Gasteiger partial charge < -0.3 is 0 Å². The topological polar surface area (TPSA) is 8.81 Å². The number of para-hydroxylation sites is 1. The van der Waals surface area contributed by atoms with Gasteiger partial charge in [-0.05, 0) is 12.1 Å². The lowest BCUT2D eigenvalue weighted by Gasteiger charge is -1.96. The molecule has 0 saturated heterocycles. The normalized spacial score (nSPS) is 10.3. The van der Waals surface area contributed by atoms with Crippen LogP contribution in [0.3, 0.4) is 0 Å². The standard InChI is InChI=1S/C11H13N2/c1-10-12(2)8-9-13(10)11-6-4-3-5-7-11/h3-9H,1-2H3/q+1. The van der Waals surface area contributed by atoms with Crippen molar-refractivity contribution in [3.8, 4) is 5.69 Å². The van der Waals surface area contributed by atoms with Crippen LogP contribution in [0.4, 0.5) is 0 Å². The lowest BCUT2D eigenvalue weighted by atomic mass is 10.3. The SMILES string of the molecule is Cc1n(C)cc[n+]1-c1ccccc1. The predicted molar refractivity (Wildman–Crippen MR) is 51.7 cm³/mol. The van der Waals surface area contributed by atoms with E-state index in [-0.39, 0.29) is 0 Å². The molecule has 0 unspecified atom stereocenters. The van der Waals surface area contributed by atoms with E-state index in [2.05, 4.69) is 59.8 Å². The second-order valence-electron chi connectivity index (χ2n) is 3.16. The molecule has 0 radical (unpaired) electrons. The van der Waals surface area contributed by atoms with Gasteiger partial charge in [-0.2, -0.15) is 0 Å². The summed E-state index contributed by atoms with van der Waals surface area (Å²) < 4.78 is 4.27. The first-order valence-corrected chi connectivity index (χ1v) is 4.38. The highest BCUT2D eigenvalue weighted by Gasteiger charge is 2.09. The zero-order chi connectivity index (χ0) is 9.26. The monoisotopic (exact) mass is 173 g/mol. The molecule has 13 heavy (non-hydrogen) atoms. The summed E-state index contributed by atoms with van der Waals surface area (Å²) in [5.74, 6) is 1.23. The Labute approximate surface area is 78.1 Å². The van der Waals surface area contributed by atoms with E-state index in [0.29, 0.717) is 0 Å². The van der Waals surface area contributed by atoms with Gasteiger partial charge in [-0.3, -0.25) is 0 Å². The van der Waals surface area contributed by atoms with Crippen molar-refractivity contribution < 1.29 is 4.57 Å². The van der Waals surface area contributed by atoms with Crippen LogP contribution in [0.5, 0.6) is 0 Å². The van der Waals surface area contributed by atoms with Gasteiger partial charge >= 0.3 is 0 Å². The minimum Gasteiger partial charge on any atom is -0.237 e. The van der Waals surface area contributed by atoms with E-state index in [0.717, 1.165) is 0 Å². The fourth-order valence-corrected chi connectivity index (χ4v) is 1.41. The molecule has 0 aliphatic carbocycles. The van der Waals surface area contributed by atoms with Crippen molar-refractivity contribution >= 4 is 0 Å². The van der Waals surface area contributed by atoms with Gasteiger partial charge in [-0.1, -0.05) is 18.2 Å². The number of aryl methyl sites for hydroxylation is 1. The Morgan fingerprint density at radius 3 is 2.38 bits per heavy atom. The zero-order valence-electron chi connectivity index (χ0n) is 7.94. The molecule has 0 spiro atoms. The third-order valence-corrected chi connectivity index (χ3v) is 2.33. The lowest BCUT2D eigenvalue weighted by Crippen LogP contribution is -2.32. The first-order valence-electron chi connectivity index (χ1n) is 4.38. The highest BCUT2D eigenvalue weighted by atomic mass is 15.1. The maximum absolute atomic E-state index is 2.17. The molecule has 0 bridgehead atoms. The van der Waals surface area contributed by atoms with Gasteiger partial charge in [-0.25, -0.2) is 9.13 Å². The van der Waals surface area contributed by atoms with Crippen LogP contribution in [0.25, 0.3) is 5.69 Å². The van der Waals surface area contributed by atoms with E-state index < -0.39 is 0 Å². The van der Waals surface area contributed by atoms with Gasteiger partial charge in [-0.15, -0.1) is 0 Å². The Morgan fingerprint density at radius 1 is 1.15 bits per heavy atom. The fourth-order valence-electron chi connectivity index (χ4n) is 1.41. The quantitative estimate of drug-likeness (QED) is 0.579. The summed E-state index contributed by atoms with van der Waals surface area (Å²) in [6, 6.07) is 10.3. The molecule has 0 atom stereocenters. The maximum atomic E-state index is 2.17. The predicted octanol–water partition coefficient (Wildman–Crippen LogP) is 1.61. The highest BCUT2D eigenvalue weighted by molar-refractivity contribution is 5.21. The molecular weight excluding hydrogens is 160 g/mol. The molecule has 1 aromatic heterocycles. The molecule has 2 aromatic rings. The van der Waals surface area contributed by atoms with Crippen molar-refractivity contribution in [3.05, 3.63) is 48.5 Å². The zero-order valence-corrected chi connectivity index (χ0v) is 7.94. The van der Waals surface area contributed by atoms with Gasteiger partial charge in [0.1, 0.15) is 18.1 Å². The maximum Gasteiger partial charge on any atom is 0.258 e. The van der Waals surface area contributed by atoms with Crippen LogP contribution in [-0.4, -0.2) is 4.57 Å². The Kier molecular flexibility index (Phi) is 1.89. The smallest absolute Gasteiger partial charge is 0.237 e. The van der Waals surface area contributed by atoms with Crippen LogP contribution in [0.15, 0.2) is 42.7 Å². The number of rotatable bonds is 1. The molecule has 2 nitrogen and oxygen atoms in total. The highest BCUT2D eigenvalue weighted by Crippen LogP contribution is 2.00. The Morgan fingerprint density at radius 2 is 1.85 bits per heavy atom. The van der Waals surface area contributed by atoms with E-state index in [1.54, 1.807) is 0 Å². The summed E-state index contributed by atoms with van der Waals surface area (Å²) >= 11 is 0. The molecular formula is C11H13N2+. The number of nitrogens with zero attached hydrogens (tertiary/aromatic N) is 2. The van der Waals surface area contributed by atoms with Crippen molar-refractivity contribution in [3.63, 3.8) is 0 Å². The molecule has 0 fully saturated rings. The summed E-state index contributed by atoms with van der Waals surface area (Å²) in [7, 11) is 2.05. The summed E-state index contributed by atoms with van der Waals surface area (Å²) in [6.45, 7) is 2.10. The molecule has 0 amide bonds. The third-order valence-electron chi connectivity index (χ3n) is 2.33. The minimum atomic E-state index is 1.21. The second kappa shape index (κ2) is 3.05. The molecule has 1 aromatic carbocycles. The largest absolute Gasteiger partial charge is 0.258 e. The number of imidazole rings is 1. The molecule has 0 aliphatic rings. The van der Waals surface area contributed by atoms with Crippen molar-refractivity contribution in [2.45, 2.75) is 6.92 Å². The summed E-state index contributed by atoms with van der Waals surface area (Å²) in [5, 5.41) is 0. The Balaban J connectivity index is 2.53. The van der Waals surface area contributed by atoms with Crippen molar-refractivity contribution in [2.24, 2.45) is 7.05 Å². The van der Waals surface area contributed by atoms with Crippen LogP contribution in [0, 0.1) is 6.92 Å². The van der Waals surface area contributed by atoms with E-state index in [4.69, 9.17) is 0 Å². The molecule has 0 saturated carbocycles. The van der Waals surface area contributed by atoms with Gasteiger partial charge in [0.25, 0.3) is 5.82 Å². The van der Waals surface area contributed by atoms with Crippen molar-refractivity contribution in [1.29, 1.82) is 0 Å². The van der Waals surface area contributed by atoms with E-state index in [1.807, 2.05) is 6.07 Å². The first kappa shape index (κ1) is 8.05. The fraction of sp³-hybridized carbons (Fsp3) is 0.182. The van der Waals surface area contributed by atoms with Crippen molar-refractivity contribution in [1.82, 2.24) is 4.57 Å². The minimum absolute atomic E-state index is 1.21. The lowest BCUT2D eigenvalue weighted by molar-refractivity contribution is -0.602. The molecule has 0 aliphatic heterocycles. The van der Waals surface area contributed by atoms with Crippen LogP contribution in [-0.2, 0) is 7.05 Å². The Hall–Kier alpha value is -1.57. The first-order chi connectivity index (χ1) is 6.29. The molecule has 2 rings (SSSR count). The number of hydrogen-bond donors (Lipinski definition) is 0.